The Kier molecular flexibility index (Phi) is 4.99. The molecule has 1 aliphatic rings. The van der Waals surface area contributed by atoms with Crippen molar-refractivity contribution >= 4 is 29.2 Å². The molecule has 0 radical (unpaired) electrons. The molecule has 1 saturated heterocycles. The Morgan fingerprint density at radius 1 is 1.25 bits per heavy atom. The van der Waals surface area contributed by atoms with Gasteiger partial charge in [0.1, 0.15) is 0 Å². The molecule has 3 rings (SSSR count). The Morgan fingerprint density at radius 2 is 2.00 bits per heavy atom. The van der Waals surface area contributed by atoms with E-state index in [-0.39, 0.29) is 6.03 Å². The summed E-state index contributed by atoms with van der Waals surface area (Å²) in [6.07, 6.45) is 5.90. The van der Waals surface area contributed by atoms with E-state index < -0.39 is 0 Å². The molecule has 2 heterocycles. The zero-order valence-electron chi connectivity index (χ0n) is 14.3. The first-order valence-corrected chi connectivity index (χ1v) is 9.24. The van der Waals surface area contributed by atoms with Gasteiger partial charge in [-0.05, 0) is 24.8 Å². The largest absolute Gasteiger partial charge is 0.365 e. The van der Waals surface area contributed by atoms with Crippen LogP contribution in [0.25, 0.3) is 0 Å². The van der Waals surface area contributed by atoms with Crippen molar-refractivity contribution in [1.82, 2.24) is 14.7 Å². The summed E-state index contributed by atoms with van der Waals surface area (Å²) in [4.78, 5) is 17.8. The third kappa shape index (κ3) is 3.51. The van der Waals surface area contributed by atoms with Crippen LogP contribution in [0.4, 0.5) is 16.2 Å². The molecular formula is C17H23N5OS. The monoisotopic (exact) mass is 345 g/mol. The van der Waals surface area contributed by atoms with Crippen LogP contribution in [0.2, 0.25) is 0 Å². The predicted octanol–water partition coefficient (Wildman–Crippen LogP) is 2.80. The summed E-state index contributed by atoms with van der Waals surface area (Å²) in [5, 5.41) is 7.30. The lowest BCUT2D eigenvalue weighted by Gasteiger charge is -2.35. The van der Waals surface area contributed by atoms with Gasteiger partial charge in [0.15, 0.2) is 0 Å². The van der Waals surface area contributed by atoms with E-state index in [0.29, 0.717) is 13.1 Å². The number of anilines is 2. The van der Waals surface area contributed by atoms with E-state index in [1.54, 1.807) is 16.4 Å². The highest BCUT2D eigenvalue weighted by Gasteiger charge is 2.22. The fourth-order valence-electron chi connectivity index (χ4n) is 2.90. The van der Waals surface area contributed by atoms with Crippen molar-refractivity contribution in [1.29, 1.82) is 0 Å². The Bertz CT molecular complexity index is 722. The van der Waals surface area contributed by atoms with Crippen LogP contribution < -0.4 is 10.2 Å². The molecule has 0 bridgehead atoms. The van der Waals surface area contributed by atoms with Gasteiger partial charge in [-0.1, -0.05) is 12.1 Å². The van der Waals surface area contributed by atoms with Crippen LogP contribution in [-0.2, 0) is 7.05 Å². The highest BCUT2D eigenvalue weighted by molar-refractivity contribution is 7.98. The molecule has 0 unspecified atom stereocenters. The molecule has 1 fully saturated rings. The van der Waals surface area contributed by atoms with E-state index >= 15 is 0 Å². The molecule has 128 valence electrons. The number of amides is 2. The summed E-state index contributed by atoms with van der Waals surface area (Å²) < 4.78 is 1.80. The average molecular weight is 345 g/mol. The van der Waals surface area contributed by atoms with Crippen molar-refractivity contribution in [2.45, 2.75) is 11.8 Å². The molecule has 1 aliphatic heterocycles. The Balaban J connectivity index is 1.62. The normalized spacial score (nSPS) is 14.8. The number of aromatic nitrogens is 2. The smallest absolute Gasteiger partial charge is 0.322 e. The first kappa shape index (κ1) is 16.7. The topological polar surface area (TPSA) is 53.4 Å². The molecule has 0 aliphatic carbocycles. The number of benzene rings is 1. The Morgan fingerprint density at radius 3 is 2.62 bits per heavy atom. The predicted molar refractivity (Wildman–Crippen MR) is 99.0 cm³/mol. The second-order valence-corrected chi connectivity index (χ2v) is 6.78. The van der Waals surface area contributed by atoms with Crippen LogP contribution >= 0.6 is 11.8 Å². The van der Waals surface area contributed by atoms with Crippen LogP contribution in [0.15, 0.2) is 35.5 Å². The van der Waals surface area contributed by atoms with E-state index in [0.717, 1.165) is 34.9 Å². The second kappa shape index (κ2) is 7.17. The summed E-state index contributed by atoms with van der Waals surface area (Å²) in [5.41, 5.74) is 3.12. The van der Waals surface area contributed by atoms with Gasteiger partial charge in [0.05, 0.1) is 17.6 Å². The van der Waals surface area contributed by atoms with Crippen LogP contribution in [0.5, 0.6) is 0 Å². The van der Waals surface area contributed by atoms with Crippen molar-refractivity contribution in [2.75, 3.05) is 42.7 Å². The highest BCUT2D eigenvalue weighted by atomic mass is 32.2. The summed E-state index contributed by atoms with van der Waals surface area (Å²) in [5.74, 6) is 0. The highest BCUT2D eigenvalue weighted by Crippen LogP contribution is 2.28. The molecule has 2 amide bonds. The Hall–Kier alpha value is -2.15. The molecule has 24 heavy (non-hydrogen) atoms. The minimum atomic E-state index is -0.0227. The lowest BCUT2D eigenvalue weighted by molar-refractivity contribution is 0.208. The fraction of sp³-hybridized carbons (Fsp3) is 0.412. The van der Waals surface area contributed by atoms with E-state index in [1.807, 2.05) is 55.7 Å². The van der Waals surface area contributed by atoms with Gasteiger partial charge < -0.3 is 15.1 Å². The molecular weight excluding hydrogens is 322 g/mol. The molecule has 1 N–H and O–H groups in total. The summed E-state index contributed by atoms with van der Waals surface area (Å²) in [6.45, 7) is 5.09. The number of aryl methyl sites for hydroxylation is 2. The minimum Gasteiger partial charge on any atom is -0.365 e. The van der Waals surface area contributed by atoms with E-state index in [9.17, 15) is 4.79 Å². The second-order valence-electron chi connectivity index (χ2n) is 5.93. The van der Waals surface area contributed by atoms with Gasteiger partial charge >= 0.3 is 6.03 Å². The van der Waals surface area contributed by atoms with Crippen molar-refractivity contribution in [3.05, 3.63) is 36.2 Å². The van der Waals surface area contributed by atoms with Gasteiger partial charge in [-0.15, -0.1) is 11.8 Å². The van der Waals surface area contributed by atoms with Crippen LogP contribution in [0, 0.1) is 6.92 Å². The van der Waals surface area contributed by atoms with Gasteiger partial charge in [0, 0.05) is 44.3 Å². The van der Waals surface area contributed by atoms with Gasteiger partial charge in [-0.25, -0.2) is 4.79 Å². The molecule has 2 aromatic rings. The van der Waals surface area contributed by atoms with Gasteiger partial charge in [0.2, 0.25) is 0 Å². The van der Waals surface area contributed by atoms with Gasteiger partial charge in [-0.3, -0.25) is 4.68 Å². The standard InChI is InChI=1S/C17H23N5OS/c1-13-5-4-6-15(24-3)16(13)19-17(23)22-9-7-21(8-10-22)14-11-18-20(2)12-14/h4-6,11-12H,7-10H2,1-3H3,(H,19,23). The maximum atomic E-state index is 12.6. The zero-order valence-corrected chi connectivity index (χ0v) is 15.1. The van der Waals surface area contributed by atoms with E-state index in [1.165, 1.54) is 0 Å². The molecule has 0 atom stereocenters. The van der Waals surface area contributed by atoms with E-state index in [2.05, 4.69) is 15.3 Å². The van der Waals surface area contributed by atoms with Crippen molar-refractivity contribution in [2.24, 2.45) is 7.05 Å². The third-order valence-electron chi connectivity index (χ3n) is 4.31. The molecule has 6 nitrogen and oxygen atoms in total. The van der Waals surface area contributed by atoms with Crippen LogP contribution in [0.1, 0.15) is 5.56 Å². The molecule has 0 saturated carbocycles. The lowest BCUT2D eigenvalue weighted by Crippen LogP contribution is -2.50. The number of nitrogens with zero attached hydrogens (tertiary/aromatic N) is 4. The molecule has 1 aromatic carbocycles. The number of urea groups is 1. The Labute approximate surface area is 146 Å². The third-order valence-corrected chi connectivity index (χ3v) is 5.09. The van der Waals surface area contributed by atoms with Crippen molar-refractivity contribution < 1.29 is 4.79 Å². The lowest BCUT2D eigenvalue weighted by atomic mass is 10.2. The number of para-hydroxylation sites is 1. The van der Waals surface area contributed by atoms with Crippen LogP contribution in [-0.4, -0.2) is 53.1 Å². The van der Waals surface area contributed by atoms with Crippen LogP contribution in [0.3, 0.4) is 0 Å². The number of thioether (sulfide) groups is 1. The van der Waals surface area contributed by atoms with Gasteiger partial charge in [-0.2, -0.15) is 5.10 Å². The van der Waals surface area contributed by atoms with Gasteiger partial charge in [0.25, 0.3) is 0 Å². The maximum Gasteiger partial charge on any atom is 0.322 e. The summed E-state index contributed by atoms with van der Waals surface area (Å²) in [7, 11) is 1.92. The number of nitrogens with one attached hydrogen (secondary N) is 1. The minimum absolute atomic E-state index is 0.0227. The fourth-order valence-corrected chi connectivity index (χ4v) is 3.53. The number of piperazine rings is 1. The van der Waals surface area contributed by atoms with Crippen molar-refractivity contribution in [3.63, 3.8) is 0 Å². The SMILES string of the molecule is CSc1cccc(C)c1NC(=O)N1CCN(c2cnn(C)c2)CC1. The number of hydrogen-bond acceptors (Lipinski definition) is 4. The quantitative estimate of drug-likeness (QED) is 0.869. The number of carbonyl (C=O) groups excluding carboxylic acids is 1. The molecule has 7 heteroatoms. The molecule has 0 spiro atoms. The first-order chi connectivity index (χ1) is 11.6. The maximum absolute atomic E-state index is 12.6. The average Bonchev–Trinajstić information content (AvgIpc) is 3.03. The number of carbonyl (C=O) groups is 1. The number of rotatable bonds is 3. The summed E-state index contributed by atoms with van der Waals surface area (Å²) >= 11 is 1.65. The zero-order chi connectivity index (χ0) is 17.1. The number of hydrogen-bond donors (Lipinski definition) is 1. The summed E-state index contributed by atoms with van der Waals surface area (Å²) in [6, 6.07) is 6.05. The van der Waals surface area contributed by atoms with Crippen molar-refractivity contribution in [3.8, 4) is 0 Å². The van der Waals surface area contributed by atoms with E-state index in [4.69, 9.17) is 0 Å². The molecule has 1 aromatic heterocycles. The first-order valence-electron chi connectivity index (χ1n) is 8.01.